The average Bonchev–Trinajstić information content (AvgIpc) is 3.45. The van der Waals surface area contributed by atoms with E-state index in [0.717, 1.165) is 40.2 Å². The van der Waals surface area contributed by atoms with Crippen LogP contribution < -0.4 is 9.47 Å². The number of ketones is 1. The molecule has 6 aromatic carbocycles. The van der Waals surface area contributed by atoms with Crippen molar-refractivity contribution in [1.29, 1.82) is 0 Å². The Labute approximate surface area is 322 Å². The fourth-order valence-corrected chi connectivity index (χ4v) is 8.11. The first kappa shape index (κ1) is 36.9. The van der Waals surface area contributed by atoms with E-state index in [9.17, 15) is 4.79 Å². The second-order valence-corrected chi connectivity index (χ2v) is 16.7. The molecule has 0 unspecified atom stereocenters. The molecule has 6 aromatic rings. The van der Waals surface area contributed by atoms with Gasteiger partial charge in [0.1, 0.15) is 22.8 Å². The summed E-state index contributed by atoms with van der Waals surface area (Å²) >= 11 is 0. The number of hydrogen-bond acceptors (Lipinski definition) is 3. The van der Waals surface area contributed by atoms with E-state index in [2.05, 4.69) is 142 Å². The Balaban J connectivity index is 1.29. The van der Waals surface area contributed by atoms with Gasteiger partial charge in [-0.25, -0.2) is 0 Å². The number of aryl methyl sites for hydroxylation is 4. The third kappa shape index (κ3) is 6.44. The number of carbonyl (C=O) groups is 1. The maximum atomic E-state index is 13.4. The van der Waals surface area contributed by atoms with Crippen LogP contribution in [0.5, 0.6) is 17.2 Å². The molecule has 1 aliphatic carbocycles. The lowest BCUT2D eigenvalue weighted by molar-refractivity contribution is 0.103. The molecule has 0 aromatic heterocycles. The predicted octanol–water partition coefficient (Wildman–Crippen LogP) is 13.2. The summed E-state index contributed by atoms with van der Waals surface area (Å²) in [5.41, 5.74) is 13.6. The van der Waals surface area contributed by atoms with Crippen LogP contribution in [0.2, 0.25) is 0 Å². The van der Waals surface area contributed by atoms with Crippen LogP contribution in [0.25, 0.3) is 11.1 Å². The van der Waals surface area contributed by atoms with Crippen molar-refractivity contribution in [2.75, 3.05) is 0 Å². The van der Waals surface area contributed by atoms with E-state index in [4.69, 9.17) is 9.47 Å². The maximum Gasteiger partial charge on any atom is 0.193 e. The first-order valence-corrected chi connectivity index (χ1v) is 19.2. The molecule has 0 amide bonds. The molecule has 0 bridgehead atoms. The first-order chi connectivity index (χ1) is 25.6. The SMILES string of the molecule is CCC(C)(C)Oc1c(C)cc(C2(c3cc(C)c(Oc4ccc(C(=O)c5ccc(C(C)(C)C)cc5)cc4)c(C)c3)c3ccccc3-c3ccccc32)cc1C. The van der Waals surface area contributed by atoms with E-state index in [-0.39, 0.29) is 16.8 Å². The molecule has 0 radical (unpaired) electrons. The van der Waals surface area contributed by atoms with Gasteiger partial charge >= 0.3 is 0 Å². The molecular weight excluding hydrogens is 661 g/mol. The van der Waals surface area contributed by atoms with Crippen LogP contribution in [0.15, 0.2) is 121 Å². The van der Waals surface area contributed by atoms with E-state index < -0.39 is 5.41 Å². The summed E-state index contributed by atoms with van der Waals surface area (Å²) in [7, 11) is 0. The van der Waals surface area contributed by atoms with Gasteiger partial charge in [-0.3, -0.25) is 4.79 Å². The molecule has 0 atom stereocenters. The Morgan fingerprint density at radius 3 is 1.44 bits per heavy atom. The number of ether oxygens (including phenoxy) is 2. The summed E-state index contributed by atoms with van der Waals surface area (Å²) < 4.78 is 13.3. The topological polar surface area (TPSA) is 35.5 Å². The quantitative estimate of drug-likeness (QED) is 0.140. The fourth-order valence-electron chi connectivity index (χ4n) is 8.11. The number of carbonyl (C=O) groups excluding carboxylic acids is 1. The van der Waals surface area contributed by atoms with Gasteiger partial charge in [0, 0.05) is 11.1 Å². The van der Waals surface area contributed by atoms with E-state index in [1.165, 1.54) is 38.9 Å². The zero-order chi connectivity index (χ0) is 38.6. The summed E-state index contributed by atoms with van der Waals surface area (Å²) in [6.45, 7) is 21.6. The Morgan fingerprint density at radius 1 is 0.574 bits per heavy atom. The third-order valence-corrected chi connectivity index (χ3v) is 11.3. The summed E-state index contributed by atoms with van der Waals surface area (Å²) in [6.07, 6.45) is 0.916. The van der Waals surface area contributed by atoms with Crippen LogP contribution in [-0.4, -0.2) is 11.4 Å². The van der Waals surface area contributed by atoms with Gasteiger partial charge < -0.3 is 9.47 Å². The lowest BCUT2D eigenvalue weighted by atomic mass is 9.66. The lowest BCUT2D eigenvalue weighted by Crippen LogP contribution is -2.30. The Morgan fingerprint density at radius 2 is 1.00 bits per heavy atom. The maximum absolute atomic E-state index is 13.4. The molecule has 0 saturated carbocycles. The summed E-state index contributed by atoms with van der Waals surface area (Å²) in [4.78, 5) is 13.4. The van der Waals surface area contributed by atoms with Gasteiger partial charge in [0.2, 0.25) is 0 Å². The Kier molecular flexibility index (Phi) is 9.42. The molecule has 1 aliphatic rings. The van der Waals surface area contributed by atoms with Crippen molar-refractivity contribution in [1.82, 2.24) is 0 Å². The van der Waals surface area contributed by atoms with Crippen LogP contribution >= 0.6 is 0 Å². The van der Waals surface area contributed by atoms with Crippen LogP contribution in [0, 0.1) is 27.7 Å². The van der Waals surface area contributed by atoms with Crippen molar-refractivity contribution in [2.45, 2.75) is 92.1 Å². The smallest absolute Gasteiger partial charge is 0.193 e. The zero-order valence-electron chi connectivity index (χ0n) is 33.5. The van der Waals surface area contributed by atoms with Crippen LogP contribution in [0.1, 0.15) is 114 Å². The highest BCUT2D eigenvalue weighted by Gasteiger charge is 2.46. The molecule has 3 heteroatoms. The molecule has 54 heavy (non-hydrogen) atoms. The summed E-state index contributed by atoms with van der Waals surface area (Å²) in [5, 5.41) is 0. The highest BCUT2D eigenvalue weighted by molar-refractivity contribution is 6.09. The molecule has 3 nitrogen and oxygen atoms in total. The Bertz CT molecular complexity index is 2280. The van der Waals surface area contributed by atoms with E-state index in [0.29, 0.717) is 16.9 Å². The minimum absolute atomic E-state index is 0.000270. The monoisotopic (exact) mass is 712 g/mol. The van der Waals surface area contributed by atoms with E-state index in [1.54, 1.807) is 0 Å². The second-order valence-electron chi connectivity index (χ2n) is 16.7. The van der Waals surface area contributed by atoms with Gasteiger partial charge in [-0.05, 0) is 139 Å². The highest BCUT2D eigenvalue weighted by Crippen LogP contribution is 2.57. The molecule has 0 aliphatic heterocycles. The standard InChI is InChI=1S/C51H52O3/c1-11-50(9,10)54-48-34(4)30-40(31-35(48)5)51(44-18-14-12-16-42(44)43-17-13-15-19-45(43)51)39-28-32(2)47(33(3)29-39)53-41-26-22-37(23-27-41)46(52)36-20-24-38(25-21-36)49(6,7)8/h12-31H,11H2,1-10H3. The fraction of sp³-hybridized carbons (Fsp3) is 0.275. The lowest BCUT2D eigenvalue weighted by Gasteiger charge is -2.36. The second kappa shape index (κ2) is 13.8. The van der Waals surface area contributed by atoms with Crippen molar-refractivity contribution in [2.24, 2.45) is 0 Å². The van der Waals surface area contributed by atoms with Crippen molar-refractivity contribution in [3.8, 4) is 28.4 Å². The van der Waals surface area contributed by atoms with Gasteiger partial charge in [0.15, 0.2) is 5.78 Å². The van der Waals surface area contributed by atoms with Gasteiger partial charge in [-0.2, -0.15) is 0 Å². The van der Waals surface area contributed by atoms with Gasteiger partial charge in [-0.15, -0.1) is 0 Å². The molecule has 0 heterocycles. The van der Waals surface area contributed by atoms with Crippen molar-refractivity contribution in [3.63, 3.8) is 0 Å². The Hall–Kier alpha value is -5.41. The van der Waals surface area contributed by atoms with Gasteiger partial charge in [0.05, 0.1) is 5.41 Å². The normalized spacial score (nSPS) is 13.3. The minimum Gasteiger partial charge on any atom is -0.487 e. The van der Waals surface area contributed by atoms with Crippen LogP contribution in [0.3, 0.4) is 0 Å². The number of fused-ring (bicyclic) bond motifs is 3. The van der Waals surface area contributed by atoms with Gasteiger partial charge in [-0.1, -0.05) is 125 Å². The number of hydrogen-bond donors (Lipinski definition) is 0. The minimum atomic E-state index is -0.553. The molecular formula is C51H52O3. The molecule has 7 rings (SSSR count). The number of rotatable bonds is 9. The van der Waals surface area contributed by atoms with Crippen LogP contribution in [-0.2, 0) is 10.8 Å². The predicted molar refractivity (Wildman–Crippen MR) is 223 cm³/mol. The molecule has 0 spiro atoms. The van der Waals surface area contributed by atoms with Gasteiger partial charge in [0.25, 0.3) is 0 Å². The molecule has 0 fully saturated rings. The van der Waals surface area contributed by atoms with Crippen molar-refractivity contribution >= 4 is 5.78 Å². The van der Waals surface area contributed by atoms with Crippen LogP contribution in [0.4, 0.5) is 0 Å². The molecule has 274 valence electrons. The first-order valence-electron chi connectivity index (χ1n) is 19.2. The third-order valence-electron chi connectivity index (χ3n) is 11.3. The van der Waals surface area contributed by atoms with Crippen molar-refractivity contribution in [3.05, 3.63) is 183 Å². The largest absolute Gasteiger partial charge is 0.487 e. The van der Waals surface area contributed by atoms with Crippen molar-refractivity contribution < 1.29 is 14.3 Å². The number of benzene rings is 6. The van der Waals surface area contributed by atoms with E-state index in [1.807, 2.05) is 48.5 Å². The summed E-state index contributed by atoms with van der Waals surface area (Å²) in [6, 6.07) is 42.4. The van der Waals surface area contributed by atoms with E-state index >= 15 is 0 Å². The average molecular weight is 713 g/mol. The highest BCUT2D eigenvalue weighted by atomic mass is 16.5. The molecule has 0 N–H and O–H groups in total. The summed E-state index contributed by atoms with van der Waals surface area (Å²) in [5.74, 6) is 2.47. The zero-order valence-corrected chi connectivity index (χ0v) is 33.5. The molecule has 0 saturated heterocycles.